The van der Waals surface area contributed by atoms with Gasteiger partial charge in [0.2, 0.25) is 21.8 Å². The quantitative estimate of drug-likeness (QED) is 0.702. The molecule has 0 radical (unpaired) electrons. The van der Waals surface area contributed by atoms with Crippen LogP contribution in [0.2, 0.25) is 0 Å². The van der Waals surface area contributed by atoms with Crippen molar-refractivity contribution in [3.8, 4) is 0 Å². The predicted octanol–water partition coefficient (Wildman–Crippen LogP) is 3.15. The molecule has 8 heteroatoms. The third kappa shape index (κ3) is 6.54. The summed E-state index contributed by atoms with van der Waals surface area (Å²) in [5.74, 6) is -0.137. The topological polar surface area (TPSA) is 86.8 Å². The first-order valence-electron chi connectivity index (χ1n) is 11.9. The first-order chi connectivity index (χ1) is 15.3. The van der Waals surface area contributed by atoms with Crippen LogP contribution in [0.1, 0.15) is 68.9 Å². The number of nitrogens with zero attached hydrogens (tertiary/aromatic N) is 2. The molecule has 7 nitrogen and oxygen atoms in total. The predicted molar refractivity (Wildman–Crippen MR) is 125 cm³/mol. The molecular formula is C24H37N3O4S. The van der Waals surface area contributed by atoms with E-state index in [1.807, 2.05) is 19.1 Å². The maximum absolute atomic E-state index is 13.1. The summed E-state index contributed by atoms with van der Waals surface area (Å²) in [5, 5.41) is 3.10. The Bertz CT molecular complexity index is 900. The molecule has 0 spiro atoms. The van der Waals surface area contributed by atoms with Gasteiger partial charge in [0, 0.05) is 45.1 Å². The van der Waals surface area contributed by atoms with E-state index in [0.29, 0.717) is 18.0 Å². The lowest BCUT2D eigenvalue weighted by Crippen LogP contribution is -2.50. The highest BCUT2D eigenvalue weighted by atomic mass is 32.2. The molecule has 1 aromatic carbocycles. The smallest absolute Gasteiger partial charge is 0.243 e. The average Bonchev–Trinajstić information content (AvgIpc) is 2.75. The van der Waals surface area contributed by atoms with Crippen LogP contribution in [0.5, 0.6) is 0 Å². The van der Waals surface area contributed by atoms with Gasteiger partial charge in [-0.05, 0) is 43.9 Å². The molecule has 32 heavy (non-hydrogen) atoms. The summed E-state index contributed by atoms with van der Waals surface area (Å²) in [7, 11) is -3.58. The average molecular weight is 464 g/mol. The molecule has 3 rings (SSSR count). The Morgan fingerprint density at radius 3 is 2.22 bits per heavy atom. The molecule has 0 bridgehead atoms. The minimum Gasteiger partial charge on any atom is -0.353 e. The van der Waals surface area contributed by atoms with Crippen molar-refractivity contribution in [3.63, 3.8) is 0 Å². The monoisotopic (exact) mass is 463 g/mol. The van der Waals surface area contributed by atoms with Gasteiger partial charge in [0.25, 0.3) is 0 Å². The van der Waals surface area contributed by atoms with E-state index in [1.165, 1.54) is 23.6 Å². The Labute approximate surface area is 192 Å². The fourth-order valence-corrected chi connectivity index (χ4v) is 6.31. The van der Waals surface area contributed by atoms with Crippen LogP contribution in [-0.4, -0.2) is 61.7 Å². The largest absolute Gasteiger partial charge is 0.353 e. The summed E-state index contributed by atoms with van der Waals surface area (Å²) in [6.07, 6.45) is 8.46. The number of piperazine rings is 1. The number of rotatable bonds is 6. The summed E-state index contributed by atoms with van der Waals surface area (Å²) in [4.78, 5) is 26.9. The van der Waals surface area contributed by atoms with Crippen molar-refractivity contribution in [2.75, 3.05) is 26.2 Å². The van der Waals surface area contributed by atoms with E-state index in [4.69, 9.17) is 0 Å². The van der Waals surface area contributed by atoms with E-state index in [-0.39, 0.29) is 43.8 Å². The van der Waals surface area contributed by atoms with Gasteiger partial charge in [0.1, 0.15) is 0 Å². The maximum Gasteiger partial charge on any atom is 0.243 e. The fraction of sp³-hybridized carbons (Fsp3) is 0.667. The van der Waals surface area contributed by atoms with E-state index in [1.54, 1.807) is 17.9 Å². The van der Waals surface area contributed by atoms with Crippen LogP contribution in [0.3, 0.4) is 0 Å². The lowest BCUT2D eigenvalue weighted by Gasteiger charge is -2.34. The summed E-state index contributed by atoms with van der Waals surface area (Å²) >= 11 is 0. The highest BCUT2D eigenvalue weighted by molar-refractivity contribution is 7.89. The lowest BCUT2D eigenvalue weighted by atomic mass is 9.96. The second kappa shape index (κ2) is 11.3. The number of aryl methyl sites for hydroxylation is 2. The Morgan fingerprint density at radius 2 is 1.56 bits per heavy atom. The zero-order valence-corrected chi connectivity index (χ0v) is 20.3. The zero-order valence-electron chi connectivity index (χ0n) is 19.4. The first kappa shape index (κ1) is 24.7. The molecule has 2 fully saturated rings. The van der Waals surface area contributed by atoms with Crippen molar-refractivity contribution in [1.29, 1.82) is 0 Å². The lowest BCUT2D eigenvalue weighted by molar-refractivity contribution is -0.134. The van der Waals surface area contributed by atoms with E-state index in [2.05, 4.69) is 5.32 Å². The summed E-state index contributed by atoms with van der Waals surface area (Å²) < 4.78 is 27.6. The van der Waals surface area contributed by atoms with E-state index in [9.17, 15) is 18.0 Å². The van der Waals surface area contributed by atoms with Crippen LogP contribution in [0.25, 0.3) is 0 Å². The SMILES string of the molecule is Cc1ccc(C)c(S(=O)(=O)N2CCN(C(=O)CCC(=O)NC3CCCCCCC3)CC2)c1. The van der Waals surface area contributed by atoms with Gasteiger partial charge in [-0.25, -0.2) is 8.42 Å². The van der Waals surface area contributed by atoms with Gasteiger partial charge in [-0.1, -0.05) is 44.2 Å². The van der Waals surface area contributed by atoms with Crippen molar-refractivity contribution in [2.24, 2.45) is 0 Å². The number of nitrogens with one attached hydrogen (secondary N) is 1. The number of sulfonamides is 1. The summed E-state index contributed by atoms with van der Waals surface area (Å²) in [5.41, 5.74) is 1.63. The van der Waals surface area contributed by atoms with Crippen molar-refractivity contribution >= 4 is 21.8 Å². The summed E-state index contributed by atoms with van der Waals surface area (Å²) in [6, 6.07) is 5.66. The summed E-state index contributed by atoms with van der Waals surface area (Å²) in [6.45, 7) is 4.93. The van der Waals surface area contributed by atoms with Crippen molar-refractivity contribution in [2.45, 2.75) is 82.6 Å². The Balaban J connectivity index is 1.46. The maximum atomic E-state index is 13.1. The molecule has 0 unspecified atom stereocenters. The van der Waals surface area contributed by atoms with E-state index >= 15 is 0 Å². The standard InChI is InChI=1S/C24H37N3O4S/c1-19-10-11-20(2)22(18-19)32(30,31)27-16-14-26(15-17-27)24(29)13-12-23(28)25-21-8-6-4-3-5-7-9-21/h10-11,18,21H,3-9,12-17H2,1-2H3,(H,25,28). The minimum absolute atomic E-state index is 0.0555. The van der Waals surface area contributed by atoms with Crippen LogP contribution in [0.4, 0.5) is 0 Å². The molecule has 1 aliphatic carbocycles. The van der Waals surface area contributed by atoms with Crippen molar-refractivity contribution in [3.05, 3.63) is 29.3 Å². The zero-order chi connectivity index (χ0) is 23.1. The number of benzene rings is 1. The Hall–Kier alpha value is -1.93. The van der Waals surface area contributed by atoms with Gasteiger partial charge in [0.05, 0.1) is 4.90 Å². The van der Waals surface area contributed by atoms with Crippen LogP contribution in [-0.2, 0) is 19.6 Å². The van der Waals surface area contributed by atoms with Crippen LogP contribution < -0.4 is 5.32 Å². The van der Waals surface area contributed by atoms with Crippen molar-refractivity contribution in [1.82, 2.24) is 14.5 Å². The van der Waals surface area contributed by atoms with Gasteiger partial charge in [-0.15, -0.1) is 0 Å². The number of hydrogen-bond donors (Lipinski definition) is 1. The molecule has 1 saturated heterocycles. The number of hydrogen-bond acceptors (Lipinski definition) is 4. The van der Waals surface area contributed by atoms with Gasteiger partial charge >= 0.3 is 0 Å². The minimum atomic E-state index is -3.58. The number of carbonyl (C=O) groups excluding carboxylic acids is 2. The molecule has 1 N–H and O–H groups in total. The second-order valence-electron chi connectivity index (χ2n) is 9.16. The molecule has 1 heterocycles. The van der Waals surface area contributed by atoms with Gasteiger partial charge < -0.3 is 10.2 Å². The molecular weight excluding hydrogens is 426 g/mol. The van der Waals surface area contributed by atoms with Crippen molar-refractivity contribution < 1.29 is 18.0 Å². The van der Waals surface area contributed by atoms with Crippen LogP contribution in [0.15, 0.2) is 23.1 Å². The van der Waals surface area contributed by atoms with E-state index < -0.39 is 10.0 Å². The van der Waals surface area contributed by atoms with Crippen LogP contribution >= 0.6 is 0 Å². The number of amides is 2. The third-order valence-corrected chi connectivity index (χ3v) is 8.63. The van der Waals surface area contributed by atoms with Gasteiger partial charge in [-0.2, -0.15) is 4.31 Å². The van der Waals surface area contributed by atoms with Crippen LogP contribution in [0, 0.1) is 13.8 Å². The molecule has 1 aliphatic heterocycles. The second-order valence-corrected chi connectivity index (χ2v) is 11.1. The normalized spacial score (nSPS) is 19.2. The van der Waals surface area contributed by atoms with Gasteiger partial charge in [-0.3, -0.25) is 9.59 Å². The fourth-order valence-electron chi connectivity index (χ4n) is 4.58. The molecule has 2 aliphatic rings. The molecule has 178 valence electrons. The Kier molecular flexibility index (Phi) is 8.71. The highest BCUT2D eigenvalue weighted by Crippen LogP contribution is 2.23. The highest BCUT2D eigenvalue weighted by Gasteiger charge is 2.31. The number of carbonyl (C=O) groups is 2. The van der Waals surface area contributed by atoms with E-state index in [0.717, 1.165) is 36.8 Å². The molecule has 1 saturated carbocycles. The Morgan fingerprint density at radius 1 is 0.938 bits per heavy atom. The molecule has 1 aromatic rings. The molecule has 0 aromatic heterocycles. The first-order valence-corrected chi connectivity index (χ1v) is 13.4. The molecule has 2 amide bonds. The molecule has 0 atom stereocenters. The van der Waals surface area contributed by atoms with Gasteiger partial charge in [0.15, 0.2) is 0 Å². The third-order valence-electron chi connectivity index (χ3n) is 6.59.